The van der Waals surface area contributed by atoms with Crippen LogP contribution in [0.25, 0.3) is 0 Å². The molecule has 0 bridgehead atoms. The van der Waals surface area contributed by atoms with Crippen molar-refractivity contribution in [3.05, 3.63) is 35.9 Å². The number of carboxylic acid groups (broad SMARTS) is 2. The Morgan fingerprint density at radius 1 is 1.04 bits per heavy atom. The van der Waals surface area contributed by atoms with Crippen LogP contribution in [0.1, 0.15) is 37.7 Å². The number of aliphatic carboxylic acids is 2. The van der Waals surface area contributed by atoms with E-state index in [1.807, 2.05) is 0 Å². The second-order valence-electron chi connectivity index (χ2n) is 5.25. The van der Waals surface area contributed by atoms with Gasteiger partial charge in [0.05, 0.1) is 5.75 Å². The molecule has 1 aromatic carbocycles. The third kappa shape index (κ3) is 8.32. The van der Waals surface area contributed by atoms with Crippen LogP contribution in [0.15, 0.2) is 30.3 Å². The van der Waals surface area contributed by atoms with Crippen molar-refractivity contribution in [2.24, 2.45) is 0 Å². The van der Waals surface area contributed by atoms with Gasteiger partial charge in [-0.25, -0.2) is 13.1 Å². The van der Waals surface area contributed by atoms with E-state index in [0.29, 0.717) is 24.8 Å². The quantitative estimate of drug-likeness (QED) is 0.525. The normalized spacial score (nSPS) is 12.7. The van der Waals surface area contributed by atoms with Gasteiger partial charge in [-0.05, 0) is 18.4 Å². The number of hydrogen-bond acceptors (Lipinski definition) is 4. The Morgan fingerprint density at radius 3 is 2.26 bits per heavy atom. The summed E-state index contributed by atoms with van der Waals surface area (Å²) < 4.78 is 26.3. The van der Waals surface area contributed by atoms with Gasteiger partial charge in [0.2, 0.25) is 10.0 Å². The Labute approximate surface area is 135 Å². The predicted octanol–water partition coefficient (Wildman–Crippen LogP) is 1.59. The molecule has 0 radical (unpaired) electrons. The number of unbranched alkanes of at least 4 members (excludes halogenated alkanes) is 2. The predicted molar refractivity (Wildman–Crippen MR) is 84.3 cm³/mol. The maximum absolute atomic E-state index is 12.0. The Bertz CT molecular complexity index is 614. The highest BCUT2D eigenvalue weighted by atomic mass is 32.2. The number of nitrogens with one attached hydrogen (secondary N) is 1. The molecule has 1 rings (SSSR count). The van der Waals surface area contributed by atoms with Gasteiger partial charge in [-0.1, -0.05) is 43.2 Å². The molecule has 0 aromatic heterocycles. The van der Waals surface area contributed by atoms with E-state index < -0.39 is 28.0 Å². The molecule has 128 valence electrons. The van der Waals surface area contributed by atoms with E-state index in [2.05, 4.69) is 4.72 Å². The zero-order valence-corrected chi connectivity index (χ0v) is 13.5. The first-order valence-corrected chi connectivity index (χ1v) is 8.94. The summed E-state index contributed by atoms with van der Waals surface area (Å²) in [5.41, 5.74) is 0.575. The second kappa shape index (κ2) is 9.26. The van der Waals surface area contributed by atoms with Crippen molar-refractivity contribution in [1.82, 2.24) is 4.72 Å². The van der Waals surface area contributed by atoms with Crippen LogP contribution in [0.4, 0.5) is 0 Å². The Balaban J connectivity index is 2.51. The second-order valence-corrected chi connectivity index (χ2v) is 7.00. The van der Waals surface area contributed by atoms with Crippen molar-refractivity contribution in [1.29, 1.82) is 0 Å². The molecule has 0 spiro atoms. The highest BCUT2D eigenvalue weighted by molar-refractivity contribution is 7.88. The van der Waals surface area contributed by atoms with Crippen molar-refractivity contribution >= 4 is 22.0 Å². The van der Waals surface area contributed by atoms with Gasteiger partial charge in [-0.15, -0.1) is 0 Å². The van der Waals surface area contributed by atoms with Crippen LogP contribution < -0.4 is 4.72 Å². The standard InChI is InChI=1S/C15H21NO6S/c17-14(18)10-6-2-5-9-13(15(19)20)16-23(21,22)11-12-7-3-1-4-8-12/h1,3-4,7-8,13,16H,2,5-6,9-11H2,(H,17,18)(H,19,20)/t13-/m0/s1. The summed E-state index contributed by atoms with van der Waals surface area (Å²) in [5.74, 6) is -2.42. The number of hydrogen-bond donors (Lipinski definition) is 3. The van der Waals surface area contributed by atoms with Crippen LogP contribution in [-0.4, -0.2) is 36.6 Å². The lowest BCUT2D eigenvalue weighted by molar-refractivity contribution is -0.139. The molecule has 0 amide bonds. The average molecular weight is 343 g/mol. The summed E-state index contributed by atoms with van der Waals surface area (Å²) in [4.78, 5) is 21.6. The lowest BCUT2D eigenvalue weighted by Gasteiger charge is -2.14. The largest absolute Gasteiger partial charge is 0.481 e. The van der Waals surface area contributed by atoms with Gasteiger partial charge >= 0.3 is 11.9 Å². The third-order valence-corrected chi connectivity index (χ3v) is 4.56. The van der Waals surface area contributed by atoms with Gasteiger partial charge in [-0.3, -0.25) is 9.59 Å². The Hall–Kier alpha value is -1.93. The van der Waals surface area contributed by atoms with Gasteiger partial charge in [0, 0.05) is 6.42 Å². The first-order valence-electron chi connectivity index (χ1n) is 7.28. The van der Waals surface area contributed by atoms with E-state index >= 15 is 0 Å². The highest BCUT2D eigenvalue weighted by Crippen LogP contribution is 2.10. The molecule has 3 N–H and O–H groups in total. The van der Waals surface area contributed by atoms with Gasteiger partial charge in [0.25, 0.3) is 0 Å². The SMILES string of the molecule is O=C(O)CCCCC[C@H](NS(=O)(=O)Cc1ccccc1)C(=O)O. The molecule has 8 heteroatoms. The summed E-state index contributed by atoms with van der Waals surface area (Å²) >= 11 is 0. The third-order valence-electron chi connectivity index (χ3n) is 3.20. The first kappa shape index (κ1) is 19.1. The molecule has 0 saturated carbocycles. The van der Waals surface area contributed by atoms with Crippen molar-refractivity contribution in [3.8, 4) is 0 Å². The molecular weight excluding hydrogens is 322 g/mol. The fraction of sp³-hybridized carbons (Fsp3) is 0.467. The minimum atomic E-state index is -3.76. The van der Waals surface area contributed by atoms with Crippen LogP contribution in [0, 0.1) is 0 Å². The fourth-order valence-electron chi connectivity index (χ4n) is 2.09. The van der Waals surface area contributed by atoms with Gasteiger partial charge in [0.15, 0.2) is 0 Å². The molecule has 0 saturated heterocycles. The number of carboxylic acids is 2. The average Bonchev–Trinajstić information content (AvgIpc) is 2.45. The molecule has 0 aliphatic heterocycles. The first-order chi connectivity index (χ1) is 10.8. The number of sulfonamides is 1. The summed E-state index contributed by atoms with van der Waals surface area (Å²) in [7, 11) is -3.76. The van der Waals surface area contributed by atoms with Crippen LogP contribution in [0.3, 0.4) is 0 Å². The van der Waals surface area contributed by atoms with Crippen LogP contribution in [0.5, 0.6) is 0 Å². The maximum Gasteiger partial charge on any atom is 0.321 e. The summed E-state index contributed by atoms with van der Waals surface area (Å²) in [6.07, 6.45) is 1.58. The van der Waals surface area contributed by atoms with Crippen LogP contribution in [-0.2, 0) is 25.4 Å². The fourth-order valence-corrected chi connectivity index (χ4v) is 3.45. The lowest BCUT2D eigenvalue weighted by Crippen LogP contribution is -2.41. The molecule has 0 heterocycles. The summed E-state index contributed by atoms with van der Waals surface area (Å²) in [6, 6.07) is 7.29. The van der Waals surface area contributed by atoms with E-state index in [4.69, 9.17) is 10.2 Å². The van der Waals surface area contributed by atoms with E-state index in [9.17, 15) is 18.0 Å². The van der Waals surface area contributed by atoms with E-state index in [1.54, 1.807) is 30.3 Å². The van der Waals surface area contributed by atoms with Crippen LogP contribution >= 0.6 is 0 Å². The number of benzene rings is 1. The molecule has 0 aliphatic carbocycles. The molecule has 0 unspecified atom stereocenters. The van der Waals surface area contributed by atoms with Gasteiger partial charge < -0.3 is 10.2 Å². The topological polar surface area (TPSA) is 121 Å². The minimum Gasteiger partial charge on any atom is -0.481 e. The zero-order chi connectivity index (χ0) is 17.3. The molecule has 1 atom stereocenters. The summed E-state index contributed by atoms with van der Waals surface area (Å²) in [6.45, 7) is 0. The molecule has 0 fully saturated rings. The Kier molecular flexibility index (Phi) is 7.70. The molecular formula is C15H21NO6S. The van der Waals surface area contributed by atoms with Gasteiger partial charge in [-0.2, -0.15) is 0 Å². The van der Waals surface area contributed by atoms with Crippen molar-refractivity contribution in [2.75, 3.05) is 0 Å². The lowest BCUT2D eigenvalue weighted by atomic mass is 10.1. The molecule has 23 heavy (non-hydrogen) atoms. The van der Waals surface area contributed by atoms with Gasteiger partial charge in [0.1, 0.15) is 6.04 Å². The Morgan fingerprint density at radius 2 is 1.70 bits per heavy atom. The van der Waals surface area contributed by atoms with Crippen LogP contribution in [0.2, 0.25) is 0 Å². The molecule has 1 aromatic rings. The maximum atomic E-state index is 12.0. The minimum absolute atomic E-state index is 0.0253. The van der Waals surface area contributed by atoms with E-state index in [0.717, 1.165) is 0 Å². The van der Waals surface area contributed by atoms with E-state index in [-0.39, 0.29) is 18.6 Å². The van der Waals surface area contributed by atoms with Crippen molar-refractivity contribution in [2.45, 2.75) is 43.9 Å². The smallest absolute Gasteiger partial charge is 0.321 e. The molecule has 7 nitrogen and oxygen atoms in total. The van der Waals surface area contributed by atoms with Crippen molar-refractivity contribution < 1.29 is 28.2 Å². The molecule has 0 aliphatic rings. The number of rotatable bonds is 11. The number of carbonyl (C=O) groups is 2. The van der Waals surface area contributed by atoms with Crippen molar-refractivity contribution in [3.63, 3.8) is 0 Å². The monoisotopic (exact) mass is 343 g/mol. The summed E-state index contributed by atoms with van der Waals surface area (Å²) in [5, 5.41) is 17.6. The zero-order valence-electron chi connectivity index (χ0n) is 12.6. The highest BCUT2D eigenvalue weighted by Gasteiger charge is 2.23. The van der Waals surface area contributed by atoms with E-state index in [1.165, 1.54) is 0 Å².